The summed E-state index contributed by atoms with van der Waals surface area (Å²) >= 11 is 6.49. The number of amides is 3. The van der Waals surface area contributed by atoms with Crippen molar-refractivity contribution in [2.45, 2.75) is 50.7 Å². The second-order valence-electron chi connectivity index (χ2n) is 16.6. The van der Waals surface area contributed by atoms with Crippen LogP contribution in [0.15, 0.2) is 60.8 Å². The number of aromatic nitrogens is 2. The lowest BCUT2D eigenvalue weighted by atomic mass is 10.00. The van der Waals surface area contributed by atoms with E-state index in [4.69, 9.17) is 16.3 Å². The van der Waals surface area contributed by atoms with Gasteiger partial charge in [0.15, 0.2) is 5.82 Å². The Morgan fingerprint density at radius 3 is 2.46 bits per heavy atom. The van der Waals surface area contributed by atoms with Crippen molar-refractivity contribution in [2.24, 2.45) is 0 Å². The third-order valence-corrected chi connectivity index (χ3v) is 14.1. The van der Waals surface area contributed by atoms with E-state index in [2.05, 4.69) is 58.5 Å². The highest BCUT2D eigenvalue weighted by atomic mass is 35.5. The number of nitrogens with one attached hydrogen (secondary N) is 3. The van der Waals surface area contributed by atoms with E-state index in [-0.39, 0.29) is 24.2 Å². The van der Waals surface area contributed by atoms with Crippen LogP contribution in [0.3, 0.4) is 0 Å². The smallest absolute Gasteiger partial charge is 0.255 e. The Bertz CT molecular complexity index is 2590. The molecular formula is C46H50ClN10O5P. The van der Waals surface area contributed by atoms with Crippen LogP contribution in [0.4, 0.5) is 28.8 Å². The van der Waals surface area contributed by atoms with Gasteiger partial charge in [0.05, 0.1) is 35.9 Å². The molecule has 1 atom stereocenters. The van der Waals surface area contributed by atoms with Crippen molar-refractivity contribution >= 4 is 70.6 Å². The minimum atomic E-state index is -2.59. The quantitative estimate of drug-likeness (QED) is 0.0975. The summed E-state index contributed by atoms with van der Waals surface area (Å²) in [4.78, 5) is 55.2. The lowest BCUT2D eigenvalue weighted by molar-refractivity contribution is -0.136. The Morgan fingerprint density at radius 2 is 1.73 bits per heavy atom. The topological polar surface area (TPSA) is 176 Å². The molecule has 15 nitrogen and oxygen atoms in total. The number of ether oxygens (including phenoxy) is 1. The second kappa shape index (κ2) is 18.8. The maximum absolute atomic E-state index is 13.2. The van der Waals surface area contributed by atoms with Gasteiger partial charge in [-0.05, 0) is 68.5 Å². The maximum Gasteiger partial charge on any atom is 0.255 e. The van der Waals surface area contributed by atoms with Crippen molar-refractivity contribution in [2.75, 3.05) is 81.8 Å². The van der Waals surface area contributed by atoms with Crippen LogP contribution < -0.4 is 30.9 Å². The molecule has 0 bridgehead atoms. The summed E-state index contributed by atoms with van der Waals surface area (Å²) < 4.78 is 18.8. The number of carbonyl (C=O) groups excluding carboxylic acids is 3. The second-order valence-corrected chi connectivity index (χ2v) is 20.2. The zero-order valence-corrected chi connectivity index (χ0v) is 37.3. The van der Waals surface area contributed by atoms with Crippen molar-refractivity contribution in [3.63, 3.8) is 0 Å². The summed E-state index contributed by atoms with van der Waals surface area (Å²) in [5, 5.41) is 20.1. The normalized spacial score (nSPS) is 18.6. The number of hydrogen-bond donors (Lipinski definition) is 3. The Hall–Kier alpha value is -5.96. The Morgan fingerprint density at radius 1 is 0.952 bits per heavy atom. The molecule has 5 heterocycles. The lowest BCUT2D eigenvalue weighted by Crippen LogP contribution is -2.53. The van der Waals surface area contributed by atoms with Crippen LogP contribution in [0, 0.1) is 23.2 Å². The van der Waals surface area contributed by atoms with Crippen LogP contribution in [0.1, 0.15) is 59.2 Å². The molecule has 3 aromatic carbocycles. The van der Waals surface area contributed by atoms with Gasteiger partial charge in [-0.1, -0.05) is 41.6 Å². The van der Waals surface area contributed by atoms with E-state index >= 15 is 0 Å². The Balaban J connectivity index is 0.830. The number of imide groups is 1. The van der Waals surface area contributed by atoms with E-state index in [0.29, 0.717) is 69.8 Å². The van der Waals surface area contributed by atoms with Gasteiger partial charge in [0, 0.05) is 93.7 Å². The summed E-state index contributed by atoms with van der Waals surface area (Å²) in [6.07, 6.45) is 4.70. The van der Waals surface area contributed by atoms with E-state index < -0.39 is 19.1 Å². The standard InChI is InChI=1S/C46H50ClN10O5P/c1-62-40-26-39(31(27-48)25-37(40)51-46-49-28-35(47)43(53-46)50-36-12-4-5-13-41(36)63(2,3)61)56-19-16-32(17-20-56)55-23-21-54(22-24-55)18-7-6-9-30-10-8-11-33-34(30)29-57(45(33)60)38-14-15-42(58)52-44(38)59/h4-5,8,10-13,25-26,28,32,38H,7,14-24,29H2,1-3H3,(H,52,58,59)(H2,49,50,51,53). The molecule has 4 aliphatic rings. The molecule has 1 aromatic heterocycles. The molecule has 3 saturated heterocycles. The highest BCUT2D eigenvalue weighted by Gasteiger charge is 2.40. The highest BCUT2D eigenvalue weighted by Crippen LogP contribution is 2.40. The summed E-state index contributed by atoms with van der Waals surface area (Å²) in [7, 11) is -0.997. The SMILES string of the molecule is COc1cc(N2CCC(N3CCN(CCC#Cc4cccc5c4CN(C4CCC(=O)NC4=O)C5=O)CC3)CC2)c(C#N)cc1Nc1ncc(Cl)c(Nc2ccccc2P(C)(C)=O)n1. The maximum atomic E-state index is 13.2. The molecule has 0 radical (unpaired) electrons. The first kappa shape index (κ1) is 43.7. The van der Waals surface area contributed by atoms with Crippen molar-refractivity contribution in [3.05, 3.63) is 88.1 Å². The largest absolute Gasteiger partial charge is 0.494 e. The number of nitrogens with zero attached hydrogens (tertiary/aromatic N) is 7. The first-order valence-electron chi connectivity index (χ1n) is 21.2. The van der Waals surface area contributed by atoms with Gasteiger partial charge in [0.1, 0.15) is 30.0 Å². The van der Waals surface area contributed by atoms with Gasteiger partial charge >= 0.3 is 0 Å². The zero-order valence-electron chi connectivity index (χ0n) is 35.6. The fourth-order valence-corrected chi connectivity index (χ4v) is 10.2. The first-order chi connectivity index (χ1) is 30.4. The van der Waals surface area contributed by atoms with Gasteiger partial charge < -0.3 is 29.7 Å². The minimum absolute atomic E-state index is 0.192. The zero-order chi connectivity index (χ0) is 44.3. The lowest BCUT2D eigenvalue weighted by Gasteiger charge is -2.43. The summed E-state index contributed by atoms with van der Waals surface area (Å²) in [5.41, 5.74) is 4.74. The number of carbonyl (C=O) groups is 3. The van der Waals surface area contributed by atoms with Gasteiger partial charge in [-0.25, -0.2) is 4.98 Å². The van der Waals surface area contributed by atoms with E-state index in [1.165, 1.54) is 6.20 Å². The molecule has 4 aromatic rings. The molecule has 3 N–H and O–H groups in total. The Labute approximate surface area is 372 Å². The number of benzene rings is 3. The summed E-state index contributed by atoms with van der Waals surface area (Å²) in [6.45, 7) is 10.1. The van der Waals surface area contributed by atoms with E-state index in [9.17, 15) is 24.2 Å². The molecule has 326 valence electrons. The average Bonchev–Trinajstić information content (AvgIpc) is 3.62. The molecule has 4 aliphatic heterocycles. The number of halogens is 1. The molecule has 0 spiro atoms. The number of hydrogen-bond acceptors (Lipinski definition) is 13. The predicted octanol–water partition coefficient (Wildman–Crippen LogP) is 5.53. The monoisotopic (exact) mass is 888 g/mol. The van der Waals surface area contributed by atoms with Gasteiger partial charge in [0.2, 0.25) is 17.8 Å². The molecule has 8 rings (SSSR count). The molecule has 63 heavy (non-hydrogen) atoms. The van der Waals surface area contributed by atoms with Crippen LogP contribution in [0.25, 0.3) is 0 Å². The number of rotatable bonds is 11. The Kier molecular flexibility index (Phi) is 13.0. The van der Waals surface area contributed by atoms with E-state index in [0.717, 1.165) is 75.5 Å². The number of piperazine rings is 1. The first-order valence-corrected chi connectivity index (χ1v) is 24.2. The van der Waals surface area contributed by atoms with E-state index in [1.807, 2.05) is 42.5 Å². The van der Waals surface area contributed by atoms with Crippen LogP contribution in [-0.4, -0.2) is 121 Å². The number of methoxy groups -OCH3 is 1. The fourth-order valence-electron chi connectivity index (χ4n) is 8.90. The van der Waals surface area contributed by atoms with E-state index in [1.54, 1.807) is 37.5 Å². The number of para-hydroxylation sites is 1. The van der Waals surface area contributed by atoms with Crippen molar-refractivity contribution in [3.8, 4) is 23.7 Å². The van der Waals surface area contributed by atoms with Gasteiger partial charge in [-0.2, -0.15) is 10.2 Å². The van der Waals surface area contributed by atoms with Gasteiger partial charge in [0.25, 0.3) is 5.91 Å². The third kappa shape index (κ3) is 9.68. The fraction of sp³-hybridized carbons (Fsp3) is 0.391. The third-order valence-electron chi connectivity index (χ3n) is 12.3. The highest BCUT2D eigenvalue weighted by molar-refractivity contribution is 7.70. The molecule has 17 heteroatoms. The number of piperidine rings is 2. The molecule has 3 amide bonds. The molecule has 3 fully saturated rings. The van der Waals surface area contributed by atoms with Gasteiger partial charge in [-0.3, -0.25) is 29.5 Å². The number of fused-ring (bicyclic) bond motifs is 1. The van der Waals surface area contributed by atoms with Crippen LogP contribution in [-0.2, 0) is 20.7 Å². The van der Waals surface area contributed by atoms with Crippen LogP contribution in [0.2, 0.25) is 5.02 Å². The predicted molar refractivity (Wildman–Crippen MR) is 244 cm³/mol. The van der Waals surface area contributed by atoms with Crippen molar-refractivity contribution in [1.29, 1.82) is 5.26 Å². The molecule has 0 aliphatic carbocycles. The molecular weight excluding hydrogens is 839 g/mol. The van der Waals surface area contributed by atoms with Crippen molar-refractivity contribution < 1.29 is 23.7 Å². The van der Waals surface area contributed by atoms with Crippen molar-refractivity contribution in [1.82, 2.24) is 30.0 Å². The van der Waals surface area contributed by atoms with Crippen LogP contribution in [0.5, 0.6) is 5.75 Å². The number of nitriles is 1. The minimum Gasteiger partial charge on any atom is -0.494 e. The summed E-state index contributed by atoms with van der Waals surface area (Å²) in [5.74, 6) is 6.84. The molecule has 1 unspecified atom stereocenters. The number of anilines is 5. The van der Waals surface area contributed by atoms with Gasteiger partial charge in [-0.15, -0.1) is 0 Å². The molecule has 0 saturated carbocycles. The average molecular weight is 889 g/mol. The van der Waals surface area contributed by atoms with Crippen LogP contribution >= 0.6 is 18.7 Å². The summed E-state index contributed by atoms with van der Waals surface area (Å²) in [6, 6.07) is 18.7.